The first-order valence-corrected chi connectivity index (χ1v) is 10.4. The van der Waals surface area contributed by atoms with E-state index in [1.807, 2.05) is 0 Å². The summed E-state index contributed by atoms with van der Waals surface area (Å²) in [5.41, 5.74) is -0.533. The lowest BCUT2D eigenvalue weighted by Gasteiger charge is -2.16. The van der Waals surface area contributed by atoms with Gasteiger partial charge >= 0.3 is 5.97 Å². The molecule has 0 heterocycles. The molecule has 0 radical (unpaired) electrons. The largest absolute Gasteiger partial charge is 0.506 e. The fourth-order valence-corrected chi connectivity index (χ4v) is 3.52. The minimum Gasteiger partial charge on any atom is -0.506 e. The van der Waals surface area contributed by atoms with Crippen molar-refractivity contribution in [1.82, 2.24) is 0 Å². The van der Waals surface area contributed by atoms with Gasteiger partial charge in [-0.3, -0.25) is 9.59 Å². The van der Waals surface area contributed by atoms with Crippen LogP contribution < -0.4 is 0 Å². The number of aliphatic hydroxyl groups excluding tert-OH is 1. The molecule has 1 saturated carbocycles. The summed E-state index contributed by atoms with van der Waals surface area (Å²) in [7, 11) is -1.53. The van der Waals surface area contributed by atoms with Gasteiger partial charge in [-0.25, -0.2) is 9.00 Å². The molecule has 0 bridgehead atoms. The first kappa shape index (κ1) is 20.1. The zero-order chi connectivity index (χ0) is 19.6. The third kappa shape index (κ3) is 4.13. The number of ether oxygens (including phenoxy) is 1. The molecule has 9 heteroatoms. The van der Waals surface area contributed by atoms with Crippen LogP contribution in [0.2, 0.25) is 5.02 Å². The van der Waals surface area contributed by atoms with E-state index >= 15 is 0 Å². The number of methoxy groups -OCH3 is 1. The van der Waals surface area contributed by atoms with E-state index in [9.17, 15) is 23.7 Å². The quantitative estimate of drug-likeness (QED) is 0.362. The van der Waals surface area contributed by atoms with Crippen molar-refractivity contribution in [2.45, 2.75) is 19.3 Å². The Balaban J connectivity index is 2.78. The first-order chi connectivity index (χ1) is 12.1. The molecule has 0 amide bonds. The Morgan fingerprint density at radius 3 is 2.23 bits per heavy atom. The summed E-state index contributed by atoms with van der Waals surface area (Å²) in [4.78, 5) is 36.0. The highest BCUT2D eigenvalue weighted by Crippen LogP contribution is 2.38. The van der Waals surface area contributed by atoms with Crippen LogP contribution in [0.3, 0.4) is 0 Å². The van der Waals surface area contributed by atoms with E-state index in [1.165, 1.54) is 31.8 Å². The normalized spacial score (nSPS) is 15.0. The number of hydrogen-bond acceptors (Lipinski definition) is 7. The maximum atomic E-state index is 12.1. The Labute approximate surface area is 156 Å². The number of aliphatic hydroxyl groups is 1. The van der Waals surface area contributed by atoms with E-state index in [4.69, 9.17) is 11.6 Å². The lowest BCUT2D eigenvalue weighted by molar-refractivity contribution is -0.123. The van der Waals surface area contributed by atoms with Gasteiger partial charge in [-0.15, -0.1) is 0 Å². The summed E-state index contributed by atoms with van der Waals surface area (Å²) in [5.74, 6) is -2.27. The minimum absolute atomic E-state index is 0.0414. The van der Waals surface area contributed by atoms with Gasteiger partial charge in [0.25, 0.3) is 0 Å². The van der Waals surface area contributed by atoms with Crippen LogP contribution in [0.4, 0.5) is 5.69 Å². The lowest BCUT2D eigenvalue weighted by Crippen LogP contribution is -2.20. The maximum Gasteiger partial charge on any atom is 0.340 e. The van der Waals surface area contributed by atoms with Gasteiger partial charge in [0.1, 0.15) is 17.0 Å². The molecular formula is C17H18ClNO6S. The average molecular weight is 400 g/mol. The Kier molecular flexibility index (Phi) is 5.87. The molecule has 7 nitrogen and oxygen atoms in total. The van der Waals surface area contributed by atoms with Crippen molar-refractivity contribution in [2.24, 2.45) is 4.36 Å². The topological polar surface area (TPSA) is 110 Å². The van der Waals surface area contributed by atoms with Crippen molar-refractivity contribution in [3.63, 3.8) is 0 Å². The number of esters is 1. The summed E-state index contributed by atoms with van der Waals surface area (Å²) < 4.78 is 20.7. The van der Waals surface area contributed by atoms with Crippen LogP contribution in [0, 0.1) is 0 Å². The van der Waals surface area contributed by atoms with Crippen molar-refractivity contribution in [1.29, 1.82) is 0 Å². The summed E-state index contributed by atoms with van der Waals surface area (Å²) >= 11 is 6.29. The fraction of sp³-hybridized carbons (Fsp3) is 0.353. The van der Waals surface area contributed by atoms with E-state index in [2.05, 4.69) is 9.10 Å². The molecule has 1 aromatic carbocycles. The molecular weight excluding hydrogens is 382 g/mol. The molecule has 0 aliphatic heterocycles. The number of halogens is 1. The van der Waals surface area contributed by atoms with E-state index in [0.717, 1.165) is 0 Å². The molecule has 26 heavy (non-hydrogen) atoms. The number of allylic oxidation sites excluding steroid dienone is 1. The number of rotatable bonds is 3. The molecule has 140 valence electrons. The van der Waals surface area contributed by atoms with Crippen LogP contribution in [0.5, 0.6) is 0 Å². The number of nitrogens with zero attached hydrogens (tertiary/aromatic N) is 1. The third-order valence-corrected chi connectivity index (χ3v) is 4.69. The molecule has 2 rings (SSSR count). The second kappa shape index (κ2) is 7.59. The number of carbonyl (C=O) groups excluding carboxylic acids is 3. The van der Waals surface area contributed by atoms with E-state index in [1.54, 1.807) is 0 Å². The minimum atomic E-state index is -2.70. The summed E-state index contributed by atoms with van der Waals surface area (Å²) in [6.45, 7) is 0. The SMILES string of the molecule is COC(=O)c1ccc(C(O)=C2C(=O)CCCC2=O)c(Cl)c1N=S(C)(C)=O. The van der Waals surface area contributed by atoms with Crippen LogP contribution >= 0.6 is 11.6 Å². The number of carbonyl (C=O) groups is 3. The molecule has 0 aromatic heterocycles. The van der Waals surface area contributed by atoms with Gasteiger partial charge in [0.05, 0.1) is 17.7 Å². The summed E-state index contributed by atoms with van der Waals surface area (Å²) in [6.07, 6.45) is 3.43. The zero-order valence-electron chi connectivity index (χ0n) is 14.5. The van der Waals surface area contributed by atoms with Crippen LogP contribution in [-0.4, -0.2) is 46.5 Å². The highest BCUT2D eigenvalue weighted by molar-refractivity contribution is 7.92. The van der Waals surface area contributed by atoms with Gasteiger partial charge in [0.2, 0.25) is 0 Å². The van der Waals surface area contributed by atoms with Gasteiger partial charge in [-0.05, 0) is 18.6 Å². The van der Waals surface area contributed by atoms with Crippen molar-refractivity contribution < 1.29 is 28.4 Å². The molecule has 1 N–H and O–H groups in total. The number of hydrogen-bond donors (Lipinski definition) is 1. The summed E-state index contributed by atoms with van der Waals surface area (Å²) in [6, 6.07) is 2.57. The standard InChI is InChI=1S/C17H18ClNO6S/c1-25-17(23)10-8-7-9(14(18)15(10)19-26(2,3)24)16(22)13-11(20)5-4-6-12(13)21/h7-8,22H,4-6H2,1-3H3. The molecule has 1 aliphatic carbocycles. The Morgan fingerprint density at radius 2 is 1.73 bits per heavy atom. The number of ketones is 2. The highest BCUT2D eigenvalue weighted by Gasteiger charge is 2.29. The molecule has 0 saturated heterocycles. The summed E-state index contributed by atoms with van der Waals surface area (Å²) in [5, 5.41) is 10.3. The van der Waals surface area contributed by atoms with Gasteiger partial charge < -0.3 is 9.84 Å². The molecule has 0 atom stereocenters. The smallest absolute Gasteiger partial charge is 0.340 e. The lowest BCUT2D eigenvalue weighted by atomic mass is 9.89. The maximum absolute atomic E-state index is 12.1. The van der Waals surface area contributed by atoms with Crippen LogP contribution in [0.25, 0.3) is 5.76 Å². The van der Waals surface area contributed by atoms with Gasteiger partial charge in [0, 0.05) is 40.6 Å². The molecule has 0 unspecified atom stereocenters. The van der Waals surface area contributed by atoms with Crippen LogP contribution in [-0.2, 0) is 24.1 Å². The number of benzene rings is 1. The van der Waals surface area contributed by atoms with Crippen molar-refractivity contribution in [3.05, 3.63) is 33.9 Å². The number of Topliss-reactive ketones (excluding diaryl/α,β-unsaturated/α-hetero) is 2. The third-order valence-electron chi connectivity index (χ3n) is 3.69. The monoisotopic (exact) mass is 399 g/mol. The van der Waals surface area contributed by atoms with E-state index in [0.29, 0.717) is 6.42 Å². The van der Waals surface area contributed by atoms with E-state index in [-0.39, 0.29) is 40.3 Å². The average Bonchev–Trinajstić information content (AvgIpc) is 2.54. The Bertz CT molecular complexity index is 930. The zero-order valence-corrected chi connectivity index (χ0v) is 16.1. The van der Waals surface area contributed by atoms with Gasteiger partial charge in [0.15, 0.2) is 11.6 Å². The Morgan fingerprint density at radius 1 is 1.19 bits per heavy atom. The predicted octanol–water partition coefficient (Wildman–Crippen LogP) is 3.08. The van der Waals surface area contributed by atoms with E-state index < -0.39 is 33.0 Å². The van der Waals surface area contributed by atoms with Crippen LogP contribution in [0.1, 0.15) is 35.2 Å². The van der Waals surface area contributed by atoms with Crippen molar-refractivity contribution in [2.75, 3.05) is 19.6 Å². The van der Waals surface area contributed by atoms with Crippen molar-refractivity contribution >= 4 is 50.3 Å². The first-order valence-electron chi connectivity index (χ1n) is 7.64. The molecule has 1 fully saturated rings. The molecule has 1 aromatic rings. The van der Waals surface area contributed by atoms with Gasteiger partial charge in [-0.2, -0.15) is 4.36 Å². The fourth-order valence-electron chi connectivity index (χ4n) is 2.55. The second-order valence-corrected chi connectivity index (χ2v) is 8.93. The van der Waals surface area contributed by atoms with Crippen LogP contribution in [0.15, 0.2) is 22.1 Å². The molecule has 0 spiro atoms. The van der Waals surface area contributed by atoms with Gasteiger partial charge in [-0.1, -0.05) is 11.6 Å². The predicted molar refractivity (Wildman–Crippen MR) is 98.3 cm³/mol. The Hall–Kier alpha value is -2.19. The second-order valence-electron chi connectivity index (χ2n) is 6.01. The van der Waals surface area contributed by atoms with Crippen molar-refractivity contribution in [3.8, 4) is 0 Å². The molecule has 1 aliphatic rings. The highest BCUT2D eigenvalue weighted by atomic mass is 35.5.